The van der Waals surface area contributed by atoms with E-state index < -0.39 is 0 Å². The normalized spacial score (nSPS) is 13.6. The van der Waals surface area contributed by atoms with E-state index in [9.17, 15) is 0 Å². The van der Waals surface area contributed by atoms with Gasteiger partial charge in [-0.05, 0) is 86.3 Å². The maximum absolute atomic E-state index is 6.93. The van der Waals surface area contributed by atoms with Gasteiger partial charge in [-0.1, -0.05) is 136 Å². The van der Waals surface area contributed by atoms with Crippen molar-refractivity contribution in [2.45, 2.75) is 52.5 Å². The second-order valence-corrected chi connectivity index (χ2v) is 18.9. The predicted molar refractivity (Wildman–Crippen MR) is 267 cm³/mol. The summed E-state index contributed by atoms with van der Waals surface area (Å²) in [4.78, 5) is 10.1. The first-order chi connectivity index (χ1) is 31.0. The number of fused-ring (bicyclic) bond motifs is 7. The van der Waals surface area contributed by atoms with Gasteiger partial charge in [0.2, 0.25) is 0 Å². The second kappa shape index (κ2) is 15.1. The van der Waals surface area contributed by atoms with Crippen molar-refractivity contribution < 1.29 is 4.74 Å². The standard InChI is InChI=1S/C58H51N5O/c1-57(2,3)41-33-34-59-52(35-41)63-51-37-45(29-30-47(51)49-32-31-48-46-27-16-17-28-50(46)62(55(48)56(49)63)42-23-14-9-15-24-42)64-44-26-18-25-43(36-44)60-38-61(58(4,5)6)54(40-21-12-8-13-22-40)53(60)39-19-10-7-11-20-39/h7-37H,38H2,1-6H3. The van der Waals surface area contributed by atoms with Crippen LogP contribution in [0.4, 0.5) is 5.69 Å². The van der Waals surface area contributed by atoms with E-state index in [4.69, 9.17) is 9.72 Å². The molecule has 6 heteroatoms. The molecule has 6 nitrogen and oxygen atoms in total. The van der Waals surface area contributed by atoms with Gasteiger partial charge in [0.25, 0.3) is 0 Å². The minimum atomic E-state index is -0.135. The first kappa shape index (κ1) is 39.3. The zero-order valence-corrected chi connectivity index (χ0v) is 37.2. The van der Waals surface area contributed by atoms with E-state index in [2.05, 4.69) is 242 Å². The molecule has 0 saturated carbocycles. The maximum Gasteiger partial charge on any atom is 0.137 e. The van der Waals surface area contributed by atoms with Gasteiger partial charge in [-0.15, -0.1) is 0 Å². The summed E-state index contributed by atoms with van der Waals surface area (Å²) < 4.78 is 11.7. The Kier molecular flexibility index (Phi) is 9.24. The van der Waals surface area contributed by atoms with Crippen LogP contribution in [-0.2, 0) is 5.41 Å². The number of benzene rings is 7. The number of ether oxygens (including phenoxy) is 1. The number of anilines is 1. The van der Waals surface area contributed by atoms with E-state index >= 15 is 0 Å². The van der Waals surface area contributed by atoms with Crippen molar-refractivity contribution in [2.75, 3.05) is 11.6 Å². The second-order valence-electron chi connectivity index (χ2n) is 18.9. The minimum absolute atomic E-state index is 0.0688. The van der Waals surface area contributed by atoms with Crippen LogP contribution in [0, 0.1) is 0 Å². The topological polar surface area (TPSA) is 38.5 Å². The van der Waals surface area contributed by atoms with Crippen molar-refractivity contribution in [3.05, 3.63) is 205 Å². The summed E-state index contributed by atoms with van der Waals surface area (Å²) in [7, 11) is 0. The fraction of sp³-hybridized carbons (Fsp3) is 0.155. The zero-order chi connectivity index (χ0) is 43.7. The van der Waals surface area contributed by atoms with E-state index in [0.29, 0.717) is 6.67 Å². The molecule has 0 unspecified atom stereocenters. The molecule has 0 saturated heterocycles. The lowest BCUT2D eigenvalue weighted by Gasteiger charge is -2.36. The van der Waals surface area contributed by atoms with Crippen LogP contribution in [-0.4, -0.2) is 31.2 Å². The Hall–Kier alpha value is -7.57. The van der Waals surface area contributed by atoms with Gasteiger partial charge in [0.15, 0.2) is 0 Å². The molecule has 0 fully saturated rings. The summed E-state index contributed by atoms with van der Waals surface area (Å²) in [5, 5.41) is 4.70. The Morgan fingerprint density at radius 3 is 1.73 bits per heavy atom. The Morgan fingerprint density at radius 1 is 0.469 bits per heavy atom. The van der Waals surface area contributed by atoms with Gasteiger partial charge in [0.05, 0.1) is 40.1 Å². The Morgan fingerprint density at radius 2 is 1.05 bits per heavy atom. The van der Waals surface area contributed by atoms with Crippen LogP contribution < -0.4 is 9.64 Å². The zero-order valence-electron chi connectivity index (χ0n) is 37.2. The lowest BCUT2D eigenvalue weighted by molar-refractivity contribution is 0.237. The third-order valence-electron chi connectivity index (χ3n) is 12.7. The van der Waals surface area contributed by atoms with E-state index in [0.717, 1.165) is 61.5 Å². The van der Waals surface area contributed by atoms with E-state index in [-0.39, 0.29) is 11.0 Å². The van der Waals surface area contributed by atoms with Gasteiger partial charge < -0.3 is 19.1 Å². The van der Waals surface area contributed by atoms with Crippen molar-refractivity contribution >= 4 is 60.7 Å². The van der Waals surface area contributed by atoms with Gasteiger partial charge in [-0.3, -0.25) is 4.57 Å². The molecule has 0 atom stereocenters. The van der Waals surface area contributed by atoms with E-state index in [1.165, 1.54) is 38.9 Å². The van der Waals surface area contributed by atoms with Gasteiger partial charge in [-0.2, -0.15) is 0 Å². The average Bonchev–Trinajstić information content (AvgIpc) is 3.99. The molecule has 0 aliphatic carbocycles. The summed E-state index contributed by atoms with van der Waals surface area (Å²) in [5.74, 6) is 2.39. The molecule has 1 aliphatic rings. The number of hydrogen-bond donors (Lipinski definition) is 0. The Balaban J connectivity index is 1.09. The first-order valence-corrected chi connectivity index (χ1v) is 22.2. The molecular weight excluding hydrogens is 783 g/mol. The number of hydrogen-bond acceptors (Lipinski definition) is 4. The number of nitrogens with zero attached hydrogens (tertiary/aromatic N) is 5. The lowest BCUT2D eigenvalue weighted by atomic mass is 9.88. The van der Waals surface area contributed by atoms with Crippen LogP contribution in [0.5, 0.6) is 11.5 Å². The van der Waals surface area contributed by atoms with Crippen molar-refractivity contribution in [3.63, 3.8) is 0 Å². The molecule has 64 heavy (non-hydrogen) atoms. The predicted octanol–water partition coefficient (Wildman–Crippen LogP) is 14.8. The van der Waals surface area contributed by atoms with Crippen LogP contribution >= 0.6 is 0 Å². The highest BCUT2D eigenvalue weighted by molar-refractivity contribution is 6.23. The smallest absolute Gasteiger partial charge is 0.137 e. The van der Waals surface area contributed by atoms with E-state index in [1.54, 1.807) is 0 Å². The van der Waals surface area contributed by atoms with Crippen LogP contribution in [0.2, 0.25) is 0 Å². The highest BCUT2D eigenvalue weighted by Gasteiger charge is 2.37. The minimum Gasteiger partial charge on any atom is -0.457 e. The molecule has 0 spiro atoms. The average molecular weight is 834 g/mol. The Labute approximate surface area is 374 Å². The number of aromatic nitrogens is 3. The van der Waals surface area contributed by atoms with Crippen molar-refractivity contribution in [1.82, 2.24) is 19.0 Å². The molecule has 11 rings (SSSR count). The first-order valence-electron chi connectivity index (χ1n) is 22.2. The molecule has 3 aromatic heterocycles. The fourth-order valence-corrected chi connectivity index (χ4v) is 9.61. The van der Waals surface area contributed by atoms with Crippen molar-refractivity contribution in [1.29, 1.82) is 0 Å². The van der Waals surface area contributed by atoms with Gasteiger partial charge in [0, 0.05) is 67.9 Å². The molecule has 0 radical (unpaired) electrons. The molecule has 1 aliphatic heterocycles. The third-order valence-corrected chi connectivity index (χ3v) is 12.7. The molecule has 0 N–H and O–H groups in total. The number of pyridine rings is 1. The maximum atomic E-state index is 6.93. The Bertz CT molecular complexity index is 3400. The molecule has 0 amide bonds. The monoisotopic (exact) mass is 833 g/mol. The summed E-state index contributed by atoms with van der Waals surface area (Å²) in [6.07, 6.45) is 1.95. The number of rotatable bonds is 7. The molecule has 10 aromatic rings. The molecular formula is C58H51N5O. The summed E-state index contributed by atoms with van der Waals surface area (Å²) >= 11 is 0. The third kappa shape index (κ3) is 6.60. The fourth-order valence-electron chi connectivity index (χ4n) is 9.61. The van der Waals surface area contributed by atoms with Crippen molar-refractivity contribution in [3.8, 4) is 23.0 Å². The van der Waals surface area contributed by atoms with Crippen LogP contribution in [0.1, 0.15) is 58.2 Å². The van der Waals surface area contributed by atoms with Crippen molar-refractivity contribution in [2.24, 2.45) is 0 Å². The molecule has 314 valence electrons. The summed E-state index contributed by atoms with van der Waals surface area (Å²) in [6, 6.07) is 65.0. The largest absolute Gasteiger partial charge is 0.457 e. The van der Waals surface area contributed by atoms with E-state index in [1.807, 2.05) is 6.20 Å². The van der Waals surface area contributed by atoms with Gasteiger partial charge >= 0.3 is 0 Å². The highest BCUT2D eigenvalue weighted by Crippen LogP contribution is 2.46. The van der Waals surface area contributed by atoms with Crippen LogP contribution in [0.25, 0.3) is 66.5 Å². The van der Waals surface area contributed by atoms with Gasteiger partial charge in [-0.25, -0.2) is 4.98 Å². The molecule has 4 heterocycles. The number of para-hydroxylation sites is 2. The van der Waals surface area contributed by atoms with Crippen LogP contribution in [0.15, 0.2) is 188 Å². The van der Waals surface area contributed by atoms with Gasteiger partial charge in [0.1, 0.15) is 17.3 Å². The highest BCUT2D eigenvalue weighted by atomic mass is 16.5. The molecule has 7 aromatic carbocycles. The molecule has 0 bridgehead atoms. The van der Waals surface area contributed by atoms with Crippen LogP contribution in [0.3, 0.4) is 0 Å². The summed E-state index contributed by atoms with van der Waals surface area (Å²) in [5.41, 5.74) is 12.4. The SMILES string of the molecule is CC(C)(C)c1ccnc(-n2c3cc(Oc4cccc(N5CN(C(C)(C)C)C(c6ccccc6)=C5c5ccccc5)c4)ccc3c3ccc4c5ccccc5n(-c5ccccc5)c4c32)c1. The lowest BCUT2D eigenvalue weighted by Crippen LogP contribution is -2.41. The quantitative estimate of drug-likeness (QED) is 0.160. The summed E-state index contributed by atoms with van der Waals surface area (Å²) in [6.45, 7) is 14.3.